The molecule has 12 nitrogen and oxygen atoms in total. The third-order valence-corrected chi connectivity index (χ3v) is 8.97. The number of ether oxygens (including phenoxy) is 3. The number of hydrogen-bond acceptors (Lipinski definition) is 9. The molecule has 0 aliphatic carbocycles. The van der Waals surface area contributed by atoms with Gasteiger partial charge in [-0.3, -0.25) is 14.2 Å². The van der Waals surface area contributed by atoms with Crippen LogP contribution in [0.3, 0.4) is 0 Å². The van der Waals surface area contributed by atoms with Crippen molar-refractivity contribution < 1.29 is 23.4 Å². The fourth-order valence-electron chi connectivity index (χ4n) is 5.57. The number of nitrogens with zero attached hydrogens (tertiary/aromatic N) is 6. The van der Waals surface area contributed by atoms with Gasteiger partial charge in [0.05, 0.1) is 44.6 Å². The van der Waals surface area contributed by atoms with Gasteiger partial charge >= 0.3 is 5.69 Å². The highest BCUT2D eigenvalue weighted by molar-refractivity contribution is 7.21. The van der Waals surface area contributed by atoms with Crippen LogP contribution in [0.5, 0.6) is 5.75 Å². The molecule has 0 unspecified atom stereocenters. The van der Waals surface area contributed by atoms with Gasteiger partial charge in [0.15, 0.2) is 0 Å². The van der Waals surface area contributed by atoms with Gasteiger partial charge in [0.2, 0.25) is 5.91 Å². The quantitative estimate of drug-likeness (QED) is 0.236. The zero-order valence-corrected chi connectivity index (χ0v) is 25.6. The summed E-state index contributed by atoms with van der Waals surface area (Å²) in [7, 11) is 3.00. The van der Waals surface area contributed by atoms with Gasteiger partial charge in [-0.05, 0) is 51.8 Å². The monoisotopic (exact) mass is 614 g/mol. The number of methoxy groups -OCH3 is 2. The third-order valence-electron chi connectivity index (χ3n) is 7.69. The maximum absolute atomic E-state index is 14.5. The van der Waals surface area contributed by atoms with Crippen molar-refractivity contribution in [1.29, 1.82) is 0 Å². The zero-order valence-electron chi connectivity index (χ0n) is 24.8. The van der Waals surface area contributed by atoms with E-state index in [4.69, 9.17) is 14.2 Å². The van der Waals surface area contributed by atoms with Crippen LogP contribution >= 0.6 is 11.3 Å². The van der Waals surface area contributed by atoms with E-state index in [-0.39, 0.29) is 37.1 Å². The molecule has 0 saturated carbocycles. The van der Waals surface area contributed by atoms with Crippen molar-refractivity contribution in [3.05, 3.63) is 68.4 Å². The summed E-state index contributed by atoms with van der Waals surface area (Å²) >= 11 is 1.18. The summed E-state index contributed by atoms with van der Waals surface area (Å²) in [6, 6.07) is 3.03. The van der Waals surface area contributed by atoms with Gasteiger partial charge in [-0.2, -0.15) is 10.2 Å². The highest BCUT2D eigenvalue weighted by Gasteiger charge is 2.35. The van der Waals surface area contributed by atoms with E-state index in [1.807, 2.05) is 13.8 Å². The molecule has 5 rings (SSSR count). The Morgan fingerprint density at radius 1 is 1.12 bits per heavy atom. The van der Waals surface area contributed by atoms with E-state index in [2.05, 4.69) is 10.2 Å². The standard InChI is InChI=1S/C29H35FN6O6S/c1-17(2)33-12-6-7-21(25(33)37)35-26(38)24-18(3)27(36-31-10-11-32-36)43-28(24)34(29(35)39)16-23(42-14-13-40-4)20-15-19(30)8-9-22(20)41-5/h8-11,15,17,21,23H,6-7,12-14,16H2,1-5H3/t21-,23-/m0/s1. The second-order valence-electron chi connectivity index (χ2n) is 10.6. The van der Waals surface area contributed by atoms with Crippen LogP contribution in [0.25, 0.3) is 15.2 Å². The molecule has 0 N–H and O–H groups in total. The fourth-order valence-corrected chi connectivity index (χ4v) is 6.79. The Hall–Kier alpha value is -3.88. The Morgan fingerprint density at radius 3 is 2.53 bits per heavy atom. The zero-order chi connectivity index (χ0) is 30.8. The number of amides is 1. The molecule has 1 aliphatic heterocycles. The third kappa shape index (κ3) is 5.74. The summed E-state index contributed by atoms with van der Waals surface area (Å²) in [6.07, 6.45) is 3.17. The summed E-state index contributed by atoms with van der Waals surface area (Å²) in [4.78, 5) is 45.6. The lowest BCUT2D eigenvalue weighted by atomic mass is 10.0. The van der Waals surface area contributed by atoms with Gasteiger partial charge in [0.25, 0.3) is 5.56 Å². The molecule has 1 saturated heterocycles. The molecule has 0 bridgehead atoms. The Balaban J connectivity index is 1.75. The molecule has 2 atom stereocenters. The number of carbonyl (C=O) groups excluding carboxylic acids is 1. The number of rotatable bonds is 11. The number of hydrogen-bond donors (Lipinski definition) is 0. The summed E-state index contributed by atoms with van der Waals surface area (Å²) in [6.45, 7) is 6.45. The Labute approximate surface area is 251 Å². The molecule has 1 aliphatic rings. The number of likely N-dealkylation sites (tertiary alicyclic amines) is 1. The first kappa shape index (κ1) is 30.6. The second kappa shape index (κ2) is 12.8. The Kier molecular flexibility index (Phi) is 9.08. The summed E-state index contributed by atoms with van der Waals surface area (Å²) in [5.41, 5.74) is -0.239. The molecule has 0 radical (unpaired) electrons. The maximum atomic E-state index is 14.5. The first-order valence-corrected chi connectivity index (χ1v) is 14.9. The van der Waals surface area contributed by atoms with Crippen LogP contribution in [0, 0.1) is 12.7 Å². The van der Waals surface area contributed by atoms with E-state index in [1.54, 1.807) is 11.8 Å². The summed E-state index contributed by atoms with van der Waals surface area (Å²) in [5.74, 6) is -0.396. The molecular weight excluding hydrogens is 579 g/mol. The van der Waals surface area contributed by atoms with Gasteiger partial charge in [-0.25, -0.2) is 13.8 Å². The first-order valence-electron chi connectivity index (χ1n) is 14.1. The maximum Gasteiger partial charge on any atom is 0.332 e. The Morgan fingerprint density at radius 2 is 1.86 bits per heavy atom. The number of carbonyl (C=O) groups is 1. The second-order valence-corrected chi connectivity index (χ2v) is 11.6. The smallest absolute Gasteiger partial charge is 0.332 e. The van der Waals surface area contributed by atoms with Crippen molar-refractivity contribution >= 4 is 27.5 Å². The van der Waals surface area contributed by atoms with Crippen molar-refractivity contribution in [3.63, 3.8) is 0 Å². The van der Waals surface area contributed by atoms with Gasteiger partial charge in [-0.15, -0.1) is 4.80 Å². The molecule has 0 spiro atoms. The van der Waals surface area contributed by atoms with E-state index >= 15 is 0 Å². The number of aryl methyl sites for hydroxylation is 1. The molecule has 1 aromatic carbocycles. The van der Waals surface area contributed by atoms with Crippen LogP contribution in [0.2, 0.25) is 0 Å². The minimum atomic E-state index is -0.964. The van der Waals surface area contributed by atoms with Gasteiger partial charge < -0.3 is 19.1 Å². The summed E-state index contributed by atoms with van der Waals surface area (Å²) < 4.78 is 33.9. The van der Waals surface area contributed by atoms with Crippen LogP contribution in [0.15, 0.2) is 40.2 Å². The predicted octanol–water partition coefficient (Wildman–Crippen LogP) is 3.24. The number of aromatic nitrogens is 5. The van der Waals surface area contributed by atoms with Crippen LogP contribution in [-0.2, 0) is 20.8 Å². The van der Waals surface area contributed by atoms with Gasteiger partial charge in [0, 0.05) is 30.8 Å². The molecule has 4 heterocycles. The largest absolute Gasteiger partial charge is 0.496 e. The predicted molar refractivity (Wildman–Crippen MR) is 159 cm³/mol. The molecule has 230 valence electrons. The molecule has 1 fully saturated rings. The van der Waals surface area contributed by atoms with E-state index in [0.717, 1.165) is 4.57 Å². The number of benzene rings is 1. The number of piperidine rings is 1. The molecular formula is C29H35FN6O6S. The van der Waals surface area contributed by atoms with E-state index in [9.17, 15) is 18.8 Å². The lowest BCUT2D eigenvalue weighted by molar-refractivity contribution is -0.139. The van der Waals surface area contributed by atoms with Crippen LogP contribution in [0.1, 0.15) is 50.0 Å². The van der Waals surface area contributed by atoms with Gasteiger partial charge in [0.1, 0.15) is 33.5 Å². The molecule has 4 aromatic rings. The molecule has 1 amide bonds. The lowest BCUT2D eigenvalue weighted by Gasteiger charge is -2.35. The van der Waals surface area contributed by atoms with Crippen LogP contribution < -0.4 is 16.0 Å². The minimum Gasteiger partial charge on any atom is -0.496 e. The topological polar surface area (TPSA) is 123 Å². The van der Waals surface area contributed by atoms with Gasteiger partial charge in [-0.1, -0.05) is 11.3 Å². The van der Waals surface area contributed by atoms with E-state index in [0.29, 0.717) is 46.1 Å². The SMILES string of the molecule is COCCO[C@@H](Cn1c(=O)n([C@H]2CCCN(C(C)C)C2=O)c(=O)c2c(C)c(-n3nccn3)sc21)c1cc(F)ccc1OC. The normalized spacial score (nSPS) is 16.4. The van der Waals surface area contributed by atoms with Crippen LogP contribution in [-0.4, -0.2) is 75.0 Å². The number of thiophene rings is 1. The first-order chi connectivity index (χ1) is 20.7. The molecule has 14 heteroatoms. The van der Waals surface area contributed by atoms with Crippen molar-refractivity contribution in [1.82, 2.24) is 29.0 Å². The van der Waals surface area contributed by atoms with Crippen molar-refractivity contribution in [2.45, 2.75) is 58.3 Å². The van der Waals surface area contributed by atoms with Crippen molar-refractivity contribution in [2.75, 3.05) is 34.0 Å². The van der Waals surface area contributed by atoms with Crippen molar-refractivity contribution in [2.24, 2.45) is 0 Å². The number of halogens is 1. The minimum absolute atomic E-state index is 0.0867. The lowest BCUT2D eigenvalue weighted by Crippen LogP contribution is -2.52. The highest BCUT2D eigenvalue weighted by Crippen LogP contribution is 2.34. The molecule has 3 aromatic heterocycles. The average Bonchev–Trinajstić information content (AvgIpc) is 3.63. The molecule has 43 heavy (non-hydrogen) atoms. The average molecular weight is 615 g/mol. The van der Waals surface area contributed by atoms with E-state index in [1.165, 1.54) is 65.5 Å². The highest BCUT2D eigenvalue weighted by atomic mass is 32.1. The van der Waals surface area contributed by atoms with Crippen molar-refractivity contribution in [3.8, 4) is 10.8 Å². The number of fused-ring (bicyclic) bond motifs is 1. The summed E-state index contributed by atoms with van der Waals surface area (Å²) in [5, 5.41) is 9.30. The van der Waals surface area contributed by atoms with E-state index < -0.39 is 29.2 Å². The Bertz CT molecular complexity index is 1730. The van der Waals surface area contributed by atoms with Crippen LogP contribution in [0.4, 0.5) is 4.39 Å². The fraction of sp³-hybridized carbons (Fsp3) is 0.483.